The average molecular weight is 867 g/mol. The molecule has 20 heteroatoms. The van der Waals surface area contributed by atoms with Gasteiger partial charge in [0.05, 0.1) is 45.0 Å². The second kappa shape index (κ2) is 25.8. The quantitative estimate of drug-likeness (QED) is 0.0239. The van der Waals surface area contributed by atoms with Crippen molar-refractivity contribution in [2.75, 3.05) is 45.0 Å². The van der Waals surface area contributed by atoms with Crippen LogP contribution in [0.3, 0.4) is 0 Å². The number of nitrogens with one attached hydrogen (secondary N) is 2. The van der Waals surface area contributed by atoms with Gasteiger partial charge in [0.15, 0.2) is 5.43 Å². The maximum Gasteiger partial charge on any atom is 0.267 e. The molecule has 326 valence electrons. The molecule has 0 unspecified atom stereocenters. The van der Waals surface area contributed by atoms with Crippen LogP contribution in [-0.4, -0.2) is 98.0 Å². The van der Waals surface area contributed by atoms with Gasteiger partial charge in [-0.25, -0.2) is 0 Å². The van der Waals surface area contributed by atoms with Crippen LogP contribution in [0, 0.1) is 17.7 Å². The number of methoxy groups -OCH3 is 1. The van der Waals surface area contributed by atoms with Gasteiger partial charge in [0.2, 0.25) is 0 Å². The summed E-state index contributed by atoms with van der Waals surface area (Å²) < 4.78 is 76.4. The van der Waals surface area contributed by atoms with Crippen LogP contribution in [-0.2, 0) is 26.7 Å². The molecule has 0 saturated heterocycles. The molecule has 59 heavy (non-hydrogen) atoms. The van der Waals surface area contributed by atoms with E-state index < -0.39 is 45.0 Å². The van der Waals surface area contributed by atoms with Crippen molar-refractivity contribution >= 4 is 42.9 Å². The smallest absolute Gasteiger partial charge is 0.267 e. The van der Waals surface area contributed by atoms with Crippen molar-refractivity contribution in [2.45, 2.75) is 46.5 Å². The second-order valence-electron chi connectivity index (χ2n) is 12.6. The maximum atomic E-state index is 12.0. The van der Waals surface area contributed by atoms with E-state index in [1.807, 2.05) is 44.2 Å². The van der Waals surface area contributed by atoms with Gasteiger partial charge in [0, 0.05) is 28.8 Å². The van der Waals surface area contributed by atoms with Crippen LogP contribution in [0.25, 0.3) is 11.0 Å². The number of benzene rings is 3. The number of unbranched alkanes of at least 4 members (excludes halogenated alkanes) is 2. The molecule has 0 bridgehead atoms. The van der Waals surface area contributed by atoms with Crippen LogP contribution in [0.2, 0.25) is 0 Å². The Morgan fingerprint density at radius 2 is 1.22 bits per heavy atom. The lowest BCUT2D eigenvalue weighted by Gasteiger charge is -2.11. The number of aryl methyl sites for hydroxylation is 1. The fourth-order valence-corrected chi connectivity index (χ4v) is 5.06. The third-order valence-corrected chi connectivity index (χ3v) is 8.85. The van der Waals surface area contributed by atoms with Crippen LogP contribution in [0.5, 0.6) is 23.0 Å². The lowest BCUT2D eigenvalue weighted by Crippen LogP contribution is -2.10. The predicted octanol–water partition coefficient (Wildman–Crippen LogP) is 3.94. The Labute approximate surface area is 343 Å². The van der Waals surface area contributed by atoms with Crippen LogP contribution in [0.4, 0.5) is 0 Å². The summed E-state index contributed by atoms with van der Waals surface area (Å²) in [4.78, 5) is 12.0. The number of hydrogen-bond acceptors (Lipinski definition) is 14. The molecular weight excluding hydrogens is 813 g/mol. The Balaban J connectivity index is 0.000000453. The maximum absolute atomic E-state index is 12.0. The average Bonchev–Trinajstić information content (AvgIpc) is 3.13. The fourth-order valence-electron chi connectivity index (χ4n) is 4.60. The van der Waals surface area contributed by atoms with Crippen molar-refractivity contribution in [1.29, 1.82) is 10.8 Å². The summed E-state index contributed by atoms with van der Waals surface area (Å²) in [5, 5.41) is 40.6. The monoisotopic (exact) mass is 866 g/mol. The van der Waals surface area contributed by atoms with E-state index in [9.17, 15) is 26.7 Å². The zero-order chi connectivity index (χ0) is 44.8. The molecule has 0 aliphatic heterocycles. The Morgan fingerprint density at radius 3 is 1.56 bits per heavy atom. The minimum Gasteiger partial charge on any atom is -0.507 e. The lowest BCUT2D eigenvalue weighted by molar-refractivity contribution is 0.279. The van der Waals surface area contributed by atoms with Crippen molar-refractivity contribution in [3.8, 4) is 23.0 Å². The molecule has 0 aliphatic carbocycles. The highest BCUT2D eigenvalue weighted by atomic mass is 32.2. The number of rotatable bonds is 17. The molecule has 0 radical (unpaired) electrons. The van der Waals surface area contributed by atoms with Crippen molar-refractivity contribution < 1.29 is 59.9 Å². The van der Waals surface area contributed by atoms with E-state index in [-0.39, 0.29) is 28.2 Å². The zero-order valence-corrected chi connectivity index (χ0v) is 34.9. The van der Waals surface area contributed by atoms with Gasteiger partial charge < -0.3 is 45.4 Å². The number of aliphatic hydroxyl groups is 2. The molecule has 0 spiro atoms. The SMILES string of the molecule is COc1cc(O)c2c(=O)cc(C)oc2c1CC=C(C)C.N=C(N)c1ccc(OCCCCCOc2ccc(C(=N)N)cc2)cc1.O=S(=O)(O)CCO.O=S(=O)(O)CCO. The van der Waals surface area contributed by atoms with Gasteiger partial charge in [-0.05, 0) is 95.0 Å². The van der Waals surface area contributed by atoms with E-state index in [1.165, 1.54) is 19.2 Å². The molecule has 3 aromatic carbocycles. The van der Waals surface area contributed by atoms with E-state index in [0.717, 1.165) is 41.9 Å². The summed E-state index contributed by atoms with van der Waals surface area (Å²) in [6.45, 7) is 5.94. The van der Waals surface area contributed by atoms with Gasteiger partial charge in [-0.3, -0.25) is 24.7 Å². The molecule has 0 fully saturated rings. The highest BCUT2D eigenvalue weighted by Crippen LogP contribution is 2.34. The molecule has 18 nitrogen and oxygen atoms in total. The number of nitrogen functional groups attached to an aromatic ring is 2. The minimum absolute atomic E-state index is 0.0579. The molecule has 4 aromatic rings. The van der Waals surface area contributed by atoms with Crippen LogP contribution >= 0.6 is 0 Å². The number of fused-ring (bicyclic) bond motifs is 1. The molecule has 1 aromatic heterocycles. The largest absolute Gasteiger partial charge is 0.507 e. The third-order valence-electron chi connectivity index (χ3n) is 7.46. The second-order valence-corrected chi connectivity index (χ2v) is 15.8. The van der Waals surface area contributed by atoms with Gasteiger partial charge in [-0.1, -0.05) is 11.6 Å². The number of nitrogens with two attached hydrogens (primary N) is 2. The molecule has 0 aliphatic rings. The number of ether oxygens (including phenoxy) is 3. The number of phenols is 1. The van der Waals surface area contributed by atoms with E-state index >= 15 is 0 Å². The summed E-state index contributed by atoms with van der Waals surface area (Å²) in [6.07, 6.45) is 5.50. The fraction of sp³-hybridized carbons (Fsp3) is 0.359. The van der Waals surface area contributed by atoms with Crippen LogP contribution in [0.1, 0.15) is 55.6 Å². The van der Waals surface area contributed by atoms with E-state index in [1.54, 1.807) is 31.2 Å². The highest BCUT2D eigenvalue weighted by Gasteiger charge is 2.17. The lowest BCUT2D eigenvalue weighted by atomic mass is 10.0. The number of aliphatic hydroxyl groups excluding tert-OH is 2. The summed E-state index contributed by atoms with van der Waals surface area (Å²) in [5.74, 6) is 1.44. The minimum atomic E-state index is -3.92. The number of aromatic hydroxyl groups is 1. The van der Waals surface area contributed by atoms with Gasteiger partial charge in [0.25, 0.3) is 20.2 Å². The first kappa shape index (κ1) is 51.5. The molecule has 1 heterocycles. The van der Waals surface area contributed by atoms with Crippen molar-refractivity contribution in [2.24, 2.45) is 11.5 Å². The molecule has 4 rings (SSSR count). The molecule has 11 N–H and O–H groups in total. The number of allylic oxidation sites excluding steroid dienone is 2. The first-order valence-corrected chi connectivity index (χ1v) is 21.1. The number of hydrogen-bond donors (Lipinski definition) is 9. The Bertz CT molecular complexity index is 2160. The number of amidine groups is 2. The summed E-state index contributed by atoms with van der Waals surface area (Å²) in [7, 11) is -6.32. The zero-order valence-electron chi connectivity index (χ0n) is 33.3. The highest BCUT2D eigenvalue weighted by molar-refractivity contribution is 7.86. The summed E-state index contributed by atoms with van der Waals surface area (Å²) >= 11 is 0. The topological polar surface area (TPSA) is 327 Å². The number of phenolic OH excluding ortho intramolecular Hbond substituents is 1. The van der Waals surface area contributed by atoms with Crippen LogP contribution < -0.4 is 31.1 Å². The Hall–Kier alpha value is -5.51. The standard InChI is InChI=1S/C19H24N4O2.C16H18O4.2C2H6O4S/c20-18(21)14-4-8-16(9-5-14)24-12-2-1-3-13-25-17-10-6-15(7-11-17)19(22)23;1-9(2)5-6-11-14(19-4)8-13(18)15-12(17)7-10(3)20-16(11)15;2*3-1-2-7(4,5)6/h4-11H,1-3,12-13H2,(H3,20,21)(H3,22,23);5,7-8,18H,6H2,1-4H3;2*3H,1-2H2,(H,4,5,6). The van der Waals surface area contributed by atoms with Crippen molar-refractivity contribution in [3.05, 3.63) is 105 Å². The predicted molar refractivity (Wildman–Crippen MR) is 225 cm³/mol. The first-order chi connectivity index (χ1) is 27.6. The van der Waals surface area contributed by atoms with Gasteiger partial charge in [0.1, 0.15) is 51.4 Å². The Kier molecular flexibility index (Phi) is 22.5. The normalized spacial score (nSPS) is 10.7. The molecule has 0 saturated carbocycles. The Morgan fingerprint density at radius 1 is 0.780 bits per heavy atom. The molecule has 0 atom stereocenters. The summed E-state index contributed by atoms with van der Waals surface area (Å²) in [5.41, 5.74) is 14.3. The van der Waals surface area contributed by atoms with Gasteiger partial charge in [-0.2, -0.15) is 16.8 Å². The molecular formula is C39H54N4O14S2. The van der Waals surface area contributed by atoms with Crippen LogP contribution in [0.15, 0.2) is 81.5 Å². The van der Waals surface area contributed by atoms with E-state index in [4.69, 9.17) is 60.2 Å². The van der Waals surface area contributed by atoms with Gasteiger partial charge >= 0.3 is 0 Å². The first-order valence-electron chi connectivity index (χ1n) is 17.9. The van der Waals surface area contributed by atoms with Gasteiger partial charge in [-0.15, -0.1) is 0 Å². The summed E-state index contributed by atoms with van der Waals surface area (Å²) in [6, 6.07) is 17.3. The van der Waals surface area contributed by atoms with E-state index in [2.05, 4.69) is 0 Å². The van der Waals surface area contributed by atoms with E-state index in [0.29, 0.717) is 47.9 Å². The van der Waals surface area contributed by atoms with Crippen molar-refractivity contribution in [3.63, 3.8) is 0 Å². The molecule has 0 amide bonds. The van der Waals surface area contributed by atoms with Crippen molar-refractivity contribution in [1.82, 2.24) is 0 Å². The third kappa shape index (κ3) is 21.2.